The lowest BCUT2D eigenvalue weighted by molar-refractivity contribution is 0.0901. The second-order valence-electron chi connectivity index (χ2n) is 6.38. The summed E-state index contributed by atoms with van der Waals surface area (Å²) in [6, 6.07) is 12.7. The summed E-state index contributed by atoms with van der Waals surface area (Å²) in [5.74, 6) is -0.422. The molecule has 0 amide bonds. The van der Waals surface area contributed by atoms with Gasteiger partial charge in [0.15, 0.2) is 5.78 Å². The molecule has 0 saturated carbocycles. The molecule has 0 aromatic heterocycles. The van der Waals surface area contributed by atoms with E-state index in [1.54, 1.807) is 43.3 Å². The minimum Gasteiger partial charge on any atom is -0.293 e. The molecule has 1 fully saturated rings. The van der Waals surface area contributed by atoms with E-state index in [1.807, 2.05) is 4.90 Å². The van der Waals surface area contributed by atoms with Crippen LogP contribution >= 0.6 is 0 Å². The fraction of sp³-hybridized carbons (Fsp3) is 0.316. The number of Topliss-reactive ketones (excluding diaryl/α,β-unsaturated/α-hetero) is 1. The Morgan fingerprint density at radius 2 is 1.69 bits per heavy atom. The Balaban J connectivity index is 1.60. The molecule has 5 nitrogen and oxygen atoms in total. The minimum absolute atomic E-state index is 0.0903. The van der Waals surface area contributed by atoms with Crippen LogP contribution in [0.15, 0.2) is 53.4 Å². The molecule has 1 aliphatic heterocycles. The van der Waals surface area contributed by atoms with Crippen molar-refractivity contribution in [3.05, 3.63) is 65.5 Å². The average molecular weight is 376 g/mol. The third-order valence-electron chi connectivity index (χ3n) is 4.56. The zero-order valence-electron chi connectivity index (χ0n) is 14.6. The van der Waals surface area contributed by atoms with Gasteiger partial charge in [-0.05, 0) is 42.8 Å². The van der Waals surface area contributed by atoms with Crippen LogP contribution in [0.2, 0.25) is 0 Å². The summed E-state index contributed by atoms with van der Waals surface area (Å²) in [5.41, 5.74) is 0.915. The van der Waals surface area contributed by atoms with Crippen LogP contribution in [0.25, 0.3) is 0 Å². The zero-order valence-corrected chi connectivity index (χ0v) is 15.4. The van der Waals surface area contributed by atoms with E-state index < -0.39 is 10.0 Å². The molecule has 2 aromatic rings. The third kappa shape index (κ3) is 4.00. The molecule has 26 heavy (non-hydrogen) atoms. The normalized spacial score (nSPS) is 16.5. The van der Waals surface area contributed by atoms with Crippen molar-refractivity contribution in [2.24, 2.45) is 0 Å². The molecule has 0 N–H and O–H groups in total. The van der Waals surface area contributed by atoms with Gasteiger partial charge in [-0.3, -0.25) is 9.69 Å². The smallest absolute Gasteiger partial charge is 0.243 e. The first-order chi connectivity index (χ1) is 12.4. The summed E-state index contributed by atoms with van der Waals surface area (Å²) in [6.45, 7) is 3.47. The van der Waals surface area contributed by atoms with Crippen molar-refractivity contribution in [2.75, 3.05) is 32.7 Å². The number of benzene rings is 2. The molecule has 1 saturated heterocycles. The number of hydrogen-bond donors (Lipinski definition) is 0. The lowest BCUT2D eigenvalue weighted by atomic mass is 10.1. The number of rotatable bonds is 5. The van der Waals surface area contributed by atoms with E-state index in [4.69, 9.17) is 0 Å². The molecule has 1 aliphatic rings. The van der Waals surface area contributed by atoms with Crippen molar-refractivity contribution >= 4 is 15.8 Å². The van der Waals surface area contributed by atoms with Gasteiger partial charge in [0.2, 0.25) is 10.0 Å². The van der Waals surface area contributed by atoms with E-state index in [0.29, 0.717) is 37.3 Å². The Morgan fingerprint density at radius 3 is 2.31 bits per heavy atom. The Kier molecular flexibility index (Phi) is 5.50. The number of ketones is 1. The maximum absolute atomic E-state index is 13.3. The Labute approximate surface area is 153 Å². The standard InChI is InChI=1S/C19H21FN2O3S/c1-15-13-16(7-8-18(15)20)19(23)14-21-9-11-22(12-10-21)26(24,25)17-5-3-2-4-6-17/h2-8,13H,9-12,14H2,1H3. The van der Waals surface area contributed by atoms with Crippen LogP contribution in [0.1, 0.15) is 15.9 Å². The van der Waals surface area contributed by atoms with Crippen molar-refractivity contribution in [3.8, 4) is 0 Å². The largest absolute Gasteiger partial charge is 0.293 e. The Morgan fingerprint density at radius 1 is 1.04 bits per heavy atom. The van der Waals surface area contributed by atoms with E-state index in [2.05, 4.69) is 0 Å². The van der Waals surface area contributed by atoms with Crippen LogP contribution in [-0.4, -0.2) is 56.1 Å². The number of sulfonamides is 1. The van der Waals surface area contributed by atoms with Gasteiger partial charge >= 0.3 is 0 Å². The summed E-state index contributed by atoms with van der Waals surface area (Å²) in [4.78, 5) is 14.6. The predicted octanol–water partition coefficient (Wildman–Crippen LogP) is 2.32. The number of halogens is 1. The first-order valence-electron chi connectivity index (χ1n) is 8.45. The van der Waals surface area contributed by atoms with Gasteiger partial charge in [0.1, 0.15) is 5.82 Å². The summed E-state index contributed by atoms with van der Waals surface area (Å²) in [7, 11) is -3.50. The van der Waals surface area contributed by atoms with Crippen LogP contribution in [0.5, 0.6) is 0 Å². The highest BCUT2D eigenvalue weighted by molar-refractivity contribution is 7.89. The summed E-state index contributed by atoms with van der Waals surface area (Å²) < 4.78 is 40.0. The maximum Gasteiger partial charge on any atom is 0.243 e. The Hall–Kier alpha value is -2.09. The SMILES string of the molecule is Cc1cc(C(=O)CN2CCN(S(=O)(=O)c3ccccc3)CC2)ccc1F. The molecule has 138 valence electrons. The van der Waals surface area contributed by atoms with Crippen LogP contribution < -0.4 is 0 Å². The summed E-state index contributed by atoms with van der Waals surface area (Å²) in [5, 5.41) is 0. The number of aryl methyl sites for hydroxylation is 1. The van der Waals surface area contributed by atoms with E-state index in [-0.39, 0.29) is 23.0 Å². The number of nitrogens with zero attached hydrogens (tertiary/aromatic N) is 2. The van der Waals surface area contributed by atoms with Crippen molar-refractivity contribution in [2.45, 2.75) is 11.8 Å². The van der Waals surface area contributed by atoms with Gasteiger partial charge in [-0.2, -0.15) is 4.31 Å². The van der Waals surface area contributed by atoms with Crippen molar-refractivity contribution in [3.63, 3.8) is 0 Å². The molecular formula is C19H21FN2O3S. The zero-order chi connectivity index (χ0) is 18.7. The first-order valence-corrected chi connectivity index (χ1v) is 9.89. The fourth-order valence-corrected chi connectivity index (χ4v) is 4.43. The second kappa shape index (κ2) is 7.65. The van der Waals surface area contributed by atoms with Gasteiger partial charge in [-0.25, -0.2) is 12.8 Å². The molecule has 0 atom stereocenters. The van der Waals surface area contributed by atoms with Crippen LogP contribution in [0, 0.1) is 12.7 Å². The van der Waals surface area contributed by atoms with Gasteiger partial charge in [0.25, 0.3) is 0 Å². The highest BCUT2D eigenvalue weighted by Crippen LogP contribution is 2.17. The van der Waals surface area contributed by atoms with Gasteiger partial charge in [-0.1, -0.05) is 18.2 Å². The fourth-order valence-electron chi connectivity index (χ4n) is 2.98. The highest BCUT2D eigenvalue weighted by atomic mass is 32.2. The van der Waals surface area contributed by atoms with Crippen LogP contribution in [0.4, 0.5) is 4.39 Å². The van der Waals surface area contributed by atoms with Gasteiger partial charge in [0, 0.05) is 31.7 Å². The van der Waals surface area contributed by atoms with E-state index >= 15 is 0 Å². The van der Waals surface area contributed by atoms with E-state index in [9.17, 15) is 17.6 Å². The molecule has 3 rings (SSSR count). The number of piperazine rings is 1. The first kappa shape index (κ1) is 18.7. The second-order valence-corrected chi connectivity index (χ2v) is 8.32. The lowest BCUT2D eigenvalue weighted by Gasteiger charge is -2.33. The molecule has 0 aliphatic carbocycles. The minimum atomic E-state index is -3.50. The van der Waals surface area contributed by atoms with Crippen LogP contribution in [-0.2, 0) is 10.0 Å². The molecule has 2 aromatic carbocycles. The number of carbonyl (C=O) groups is 1. The average Bonchev–Trinajstić information content (AvgIpc) is 2.65. The number of hydrogen-bond acceptors (Lipinski definition) is 4. The van der Waals surface area contributed by atoms with Crippen molar-refractivity contribution in [1.29, 1.82) is 0 Å². The van der Waals surface area contributed by atoms with Gasteiger partial charge in [0.05, 0.1) is 11.4 Å². The van der Waals surface area contributed by atoms with E-state index in [1.165, 1.54) is 16.4 Å². The molecule has 1 heterocycles. The van der Waals surface area contributed by atoms with Crippen molar-refractivity contribution < 1.29 is 17.6 Å². The molecule has 0 radical (unpaired) electrons. The molecule has 7 heteroatoms. The highest BCUT2D eigenvalue weighted by Gasteiger charge is 2.29. The molecule has 0 bridgehead atoms. The van der Waals surface area contributed by atoms with Gasteiger partial charge in [-0.15, -0.1) is 0 Å². The topological polar surface area (TPSA) is 57.7 Å². The lowest BCUT2D eigenvalue weighted by Crippen LogP contribution is -2.49. The van der Waals surface area contributed by atoms with E-state index in [0.717, 1.165) is 0 Å². The van der Waals surface area contributed by atoms with Gasteiger partial charge < -0.3 is 0 Å². The number of carbonyl (C=O) groups excluding carboxylic acids is 1. The molecular weight excluding hydrogens is 355 g/mol. The molecule has 0 unspecified atom stereocenters. The summed E-state index contributed by atoms with van der Waals surface area (Å²) in [6.07, 6.45) is 0. The Bertz CT molecular complexity index is 892. The quantitative estimate of drug-likeness (QED) is 0.752. The summed E-state index contributed by atoms with van der Waals surface area (Å²) >= 11 is 0. The molecule has 0 spiro atoms. The van der Waals surface area contributed by atoms with Crippen LogP contribution in [0.3, 0.4) is 0 Å². The monoisotopic (exact) mass is 376 g/mol. The van der Waals surface area contributed by atoms with Crippen molar-refractivity contribution in [1.82, 2.24) is 9.21 Å². The maximum atomic E-state index is 13.3. The predicted molar refractivity (Wildman–Crippen MR) is 97.1 cm³/mol. The third-order valence-corrected chi connectivity index (χ3v) is 6.47.